The van der Waals surface area contributed by atoms with E-state index in [0.29, 0.717) is 12.8 Å². The molecule has 1 saturated carbocycles. The summed E-state index contributed by atoms with van der Waals surface area (Å²) in [5, 5.41) is 2.64. The highest BCUT2D eigenvalue weighted by Gasteiger charge is 2.32. The van der Waals surface area contributed by atoms with E-state index in [9.17, 15) is 14.4 Å². The number of nitrogens with two attached hydrogens (primary N) is 1. The van der Waals surface area contributed by atoms with Crippen molar-refractivity contribution in [1.29, 1.82) is 0 Å². The minimum Gasteiger partial charge on any atom is -0.467 e. The smallest absolute Gasteiger partial charge is 0.328 e. The molecule has 24 heavy (non-hydrogen) atoms. The summed E-state index contributed by atoms with van der Waals surface area (Å²) in [6.07, 6.45) is 2.77. The normalized spacial score (nSPS) is 19.6. The summed E-state index contributed by atoms with van der Waals surface area (Å²) in [5.74, 6) is -1.01. The molecular weight excluding hydrogens is 308 g/mol. The van der Waals surface area contributed by atoms with Gasteiger partial charge < -0.3 is 15.8 Å². The van der Waals surface area contributed by atoms with E-state index >= 15 is 0 Å². The molecule has 0 spiro atoms. The molecule has 1 aromatic rings. The zero-order valence-electron chi connectivity index (χ0n) is 13.9. The topological polar surface area (TPSA) is 98.5 Å². The van der Waals surface area contributed by atoms with Gasteiger partial charge >= 0.3 is 5.97 Å². The van der Waals surface area contributed by atoms with Crippen LogP contribution in [0.1, 0.15) is 31.2 Å². The number of methoxy groups -OCH3 is 1. The highest BCUT2D eigenvalue weighted by molar-refractivity contribution is 5.89. The van der Waals surface area contributed by atoms with Crippen LogP contribution >= 0.6 is 0 Å². The number of hydrogen-bond donors (Lipinski definition) is 2. The Labute approximate surface area is 141 Å². The van der Waals surface area contributed by atoms with Gasteiger partial charge in [-0.2, -0.15) is 0 Å². The molecule has 1 amide bonds. The van der Waals surface area contributed by atoms with Gasteiger partial charge in [0.05, 0.1) is 13.2 Å². The third-order valence-corrected chi connectivity index (χ3v) is 4.39. The fraction of sp³-hybridized carbons (Fsp3) is 0.500. The van der Waals surface area contributed by atoms with E-state index in [2.05, 4.69) is 5.32 Å². The van der Waals surface area contributed by atoms with Crippen molar-refractivity contribution in [2.45, 2.75) is 44.2 Å². The summed E-state index contributed by atoms with van der Waals surface area (Å²) in [4.78, 5) is 36.0. The maximum absolute atomic E-state index is 12.3. The molecule has 130 valence electrons. The molecule has 0 aliphatic heterocycles. The van der Waals surface area contributed by atoms with Crippen LogP contribution in [0.15, 0.2) is 30.3 Å². The molecule has 0 saturated heterocycles. The van der Waals surface area contributed by atoms with Crippen LogP contribution in [0.3, 0.4) is 0 Å². The molecule has 0 aromatic heterocycles. The minimum atomic E-state index is -0.837. The maximum Gasteiger partial charge on any atom is 0.328 e. The molecule has 0 unspecified atom stereocenters. The van der Waals surface area contributed by atoms with E-state index in [4.69, 9.17) is 10.5 Å². The van der Waals surface area contributed by atoms with E-state index in [0.717, 1.165) is 18.4 Å². The monoisotopic (exact) mass is 332 g/mol. The van der Waals surface area contributed by atoms with Crippen molar-refractivity contribution >= 4 is 17.7 Å². The van der Waals surface area contributed by atoms with Crippen LogP contribution in [-0.4, -0.2) is 36.9 Å². The Morgan fingerprint density at radius 3 is 2.62 bits per heavy atom. The van der Waals surface area contributed by atoms with Crippen LogP contribution in [0, 0.1) is 5.92 Å². The minimum absolute atomic E-state index is 0.145. The largest absolute Gasteiger partial charge is 0.467 e. The average molecular weight is 332 g/mol. The molecule has 6 heteroatoms. The van der Waals surface area contributed by atoms with Gasteiger partial charge in [-0.25, -0.2) is 4.79 Å². The zero-order valence-corrected chi connectivity index (χ0v) is 13.9. The quantitative estimate of drug-likeness (QED) is 0.725. The summed E-state index contributed by atoms with van der Waals surface area (Å²) in [7, 11) is 1.27. The lowest BCUT2D eigenvalue weighted by Gasteiger charge is -2.21. The SMILES string of the molecule is COC(=O)[C@H](C[C@@H]1CCCC1=O)NC(=O)[C@@H](N)Cc1ccccc1. The number of esters is 1. The van der Waals surface area contributed by atoms with Crippen molar-refractivity contribution in [3.63, 3.8) is 0 Å². The Hall–Kier alpha value is -2.21. The highest BCUT2D eigenvalue weighted by atomic mass is 16.5. The summed E-state index contributed by atoms with van der Waals surface area (Å²) in [5.41, 5.74) is 6.89. The summed E-state index contributed by atoms with van der Waals surface area (Å²) in [6.45, 7) is 0. The first-order valence-corrected chi connectivity index (χ1v) is 8.21. The van der Waals surface area contributed by atoms with Gasteiger partial charge in [0.15, 0.2) is 0 Å². The third-order valence-electron chi connectivity index (χ3n) is 4.39. The molecule has 3 N–H and O–H groups in total. The molecule has 0 radical (unpaired) electrons. The van der Waals surface area contributed by atoms with Crippen molar-refractivity contribution in [3.05, 3.63) is 35.9 Å². The number of ketones is 1. The van der Waals surface area contributed by atoms with Crippen molar-refractivity contribution in [3.8, 4) is 0 Å². The number of Topliss-reactive ketones (excluding diaryl/α,β-unsaturated/α-hetero) is 1. The maximum atomic E-state index is 12.3. The number of nitrogens with one attached hydrogen (secondary N) is 1. The molecule has 6 nitrogen and oxygen atoms in total. The van der Waals surface area contributed by atoms with Gasteiger partial charge in [0.2, 0.25) is 5.91 Å². The van der Waals surface area contributed by atoms with E-state index in [1.54, 1.807) is 0 Å². The number of benzene rings is 1. The van der Waals surface area contributed by atoms with Crippen LogP contribution < -0.4 is 11.1 Å². The van der Waals surface area contributed by atoms with E-state index in [-0.39, 0.29) is 18.1 Å². The van der Waals surface area contributed by atoms with Crippen molar-refractivity contribution < 1.29 is 19.1 Å². The second-order valence-corrected chi connectivity index (χ2v) is 6.17. The lowest BCUT2D eigenvalue weighted by molar-refractivity contribution is -0.145. The van der Waals surface area contributed by atoms with Crippen molar-refractivity contribution in [2.75, 3.05) is 7.11 Å². The predicted octanol–water partition coefficient (Wildman–Crippen LogP) is 0.974. The van der Waals surface area contributed by atoms with Crippen LogP contribution in [0.2, 0.25) is 0 Å². The first-order chi connectivity index (χ1) is 11.5. The molecule has 0 heterocycles. The van der Waals surface area contributed by atoms with Gasteiger partial charge in [-0.1, -0.05) is 30.3 Å². The Morgan fingerprint density at radius 2 is 2.04 bits per heavy atom. The van der Waals surface area contributed by atoms with Gasteiger partial charge in [0, 0.05) is 12.3 Å². The summed E-state index contributed by atoms with van der Waals surface area (Å²) in [6, 6.07) is 7.83. The highest BCUT2D eigenvalue weighted by Crippen LogP contribution is 2.25. The lowest BCUT2D eigenvalue weighted by atomic mass is 9.97. The molecule has 1 fully saturated rings. The third kappa shape index (κ3) is 4.89. The molecule has 1 aromatic carbocycles. The van der Waals surface area contributed by atoms with E-state index < -0.39 is 24.0 Å². The number of ether oxygens (including phenoxy) is 1. The van der Waals surface area contributed by atoms with Gasteiger partial charge in [0.1, 0.15) is 11.8 Å². The predicted molar refractivity (Wildman–Crippen MR) is 89.0 cm³/mol. The van der Waals surface area contributed by atoms with Crippen LogP contribution in [0.4, 0.5) is 0 Å². The fourth-order valence-electron chi connectivity index (χ4n) is 3.02. The summed E-state index contributed by atoms with van der Waals surface area (Å²) >= 11 is 0. The molecule has 2 rings (SSSR count). The van der Waals surface area contributed by atoms with Gasteiger partial charge in [0.25, 0.3) is 0 Å². The van der Waals surface area contributed by atoms with E-state index in [1.165, 1.54) is 7.11 Å². The Kier molecular flexibility index (Phi) is 6.49. The average Bonchev–Trinajstić information content (AvgIpc) is 2.99. The number of carbonyl (C=O) groups excluding carboxylic acids is 3. The molecule has 0 bridgehead atoms. The number of amides is 1. The molecule has 3 atom stereocenters. The standard InChI is InChI=1S/C18H24N2O4/c1-24-18(23)15(11-13-8-5-9-16(13)21)20-17(22)14(19)10-12-6-3-2-4-7-12/h2-4,6-7,13-15H,5,8-11,19H2,1H3,(H,20,22)/t13-,14-,15-/m0/s1. The first kappa shape index (κ1) is 18.1. The zero-order chi connectivity index (χ0) is 17.5. The lowest BCUT2D eigenvalue weighted by Crippen LogP contribution is -2.50. The second kappa shape index (κ2) is 8.59. The van der Waals surface area contributed by atoms with Gasteiger partial charge in [-0.3, -0.25) is 9.59 Å². The van der Waals surface area contributed by atoms with Crippen molar-refractivity contribution in [2.24, 2.45) is 11.7 Å². The van der Waals surface area contributed by atoms with E-state index in [1.807, 2.05) is 30.3 Å². The Morgan fingerprint density at radius 1 is 1.33 bits per heavy atom. The molecular formula is C18H24N2O4. The van der Waals surface area contributed by atoms with Gasteiger partial charge in [-0.15, -0.1) is 0 Å². The number of carbonyl (C=O) groups is 3. The second-order valence-electron chi connectivity index (χ2n) is 6.17. The van der Waals surface area contributed by atoms with Crippen LogP contribution in [0.5, 0.6) is 0 Å². The summed E-state index contributed by atoms with van der Waals surface area (Å²) < 4.78 is 4.75. The van der Waals surface area contributed by atoms with Crippen molar-refractivity contribution in [1.82, 2.24) is 5.32 Å². The van der Waals surface area contributed by atoms with Crippen LogP contribution in [0.25, 0.3) is 0 Å². The number of hydrogen-bond acceptors (Lipinski definition) is 5. The molecule has 1 aliphatic carbocycles. The fourth-order valence-corrected chi connectivity index (χ4v) is 3.02. The Balaban J connectivity index is 1.95. The first-order valence-electron chi connectivity index (χ1n) is 8.21. The Bertz CT molecular complexity index is 588. The van der Waals surface area contributed by atoms with Gasteiger partial charge in [-0.05, 0) is 31.2 Å². The number of rotatable bonds is 7. The molecule has 1 aliphatic rings. The van der Waals surface area contributed by atoms with Crippen LogP contribution in [-0.2, 0) is 25.5 Å².